The molecule has 0 bridgehead atoms. The Morgan fingerprint density at radius 2 is 2.05 bits per heavy atom. The van der Waals surface area contributed by atoms with Gasteiger partial charge in [0.1, 0.15) is 5.75 Å². The van der Waals surface area contributed by atoms with Crippen LogP contribution in [0, 0.1) is 19.3 Å². The Bertz CT molecular complexity index is 672. The number of rotatable bonds is 3. The zero-order valence-corrected chi connectivity index (χ0v) is 11.7. The smallest absolute Gasteiger partial charge is 0.128 e. The summed E-state index contributed by atoms with van der Waals surface area (Å²) in [4.78, 5) is 4.60. The maximum absolute atomic E-state index is 7.48. The zero-order valence-electron chi connectivity index (χ0n) is 11.7. The first kappa shape index (κ1) is 13.3. The van der Waals surface area contributed by atoms with Crippen molar-refractivity contribution in [2.45, 2.75) is 20.8 Å². The highest BCUT2D eigenvalue weighted by atomic mass is 16.5. The average molecular weight is 254 g/mol. The fourth-order valence-corrected chi connectivity index (χ4v) is 2.06. The largest absolute Gasteiger partial charge is 0.496 e. The van der Waals surface area contributed by atoms with Gasteiger partial charge in [-0.3, -0.25) is 4.98 Å². The molecule has 1 aromatic carbocycles. The van der Waals surface area contributed by atoms with Gasteiger partial charge in [0.05, 0.1) is 12.6 Å². The second-order valence-electron chi connectivity index (χ2n) is 4.66. The molecule has 0 spiro atoms. The van der Waals surface area contributed by atoms with Gasteiger partial charge in [-0.15, -0.1) is 0 Å². The fourth-order valence-electron chi connectivity index (χ4n) is 2.06. The van der Waals surface area contributed by atoms with Gasteiger partial charge in [0.25, 0.3) is 0 Å². The Kier molecular flexibility index (Phi) is 3.65. The Morgan fingerprint density at radius 1 is 1.32 bits per heavy atom. The molecule has 2 rings (SSSR count). The molecule has 98 valence electrons. The Hall–Kier alpha value is -2.16. The van der Waals surface area contributed by atoms with E-state index in [9.17, 15) is 0 Å². The minimum Gasteiger partial charge on any atom is -0.496 e. The van der Waals surface area contributed by atoms with Crippen molar-refractivity contribution >= 4 is 22.7 Å². The second kappa shape index (κ2) is 5.22. The topological polar surface area (TPSA) is 46.0 Å². The standard InChI is InChI=1S/C16H18N2O/c1-10(17)5-7-13-9-15(19-4)14-8-6-11(2)18-16(14)12(13)3/h5-9,17H,1-4H3/b7-5-,17-10?. The van der Waals surface area contributed by atoms with Crippen LogP contribution in [0.2, 0.25) is 0 Å². The summed E-state index contributed by atoms with van der Waals surface area (Å²) < 4.78 is 5.44. The lowest BCUT2D eigenvalue weighted by Gasteiger charge is -2.11. The van der Waals surface area contributed by atoms with Crippen LogP contribution >= 0.6 is 0 Å². The lowest BCUT2D eigenvalue weighted by molar-refractivity contribution is 0.419. The first-order chi connectivity index (χ1) is 9.02. The van der Waals surface area contributed by atoms with E-state index >= 15 is 0 Å². The van der Waals surface area contributed by atoms with Crippen LogP contribution in [0.4, 0.5) is 0 Å². The van der Waals surface area contributed by atoms with Gasteiger partial charge in [0.2, 0.25) is 0 Å². The summed E-state index contributed by atoms with van der Waals surface area (Å²) in [5.41, 5.74) is 4.62. The molecule has 0 saturated carbocycles. The van der Waals surface area contributed by atoms with Crippen LogP contribution in [0.5, 0.6) is 5.75 Å². The van der Waals surface area contributed by atoms with Crippen molar-refractivity contribution in [3.8, 4) is 5.75 Å². The number of ether oxygens (including phenoxy) is 1. The van der Waals surface area contributed by atoms with E-state index in [1.165, 1.54) is 0 Å². The quantitative estimate of drug-likeness (QED) is 0.844. The summed E-state index contributed by atoms with van der Waals surface area (Å²) >= 11 is 0. The Labute approximate surface area is 113 Å². The molecule has 0 aliphatic heterocycles. The predicted octanol–water partition coefficient (Wildman–Crippen LogP) is 3.91. The van der Waals surface area contributed by atoms with Crippen molar-refractivity contribution in [2.24, 2.45) is 0 Å². The summed E-state index contributed by atoms with van der Waals surface area (Å²) in [6, 6.07) is 6.02. The highest BCUT2D eigenvalue weighted by Gasteiger charge is 2.09. The number of hydrogen-bond donors (Lipinski definition) is 1. The number of fused-ring (bicyclic) bond motifs is 1. The van der Waals surface area contributed by atoms with Crippen molar-refractivity contribution in [2.75, 3.05) is 7.11 Å². The number of pyridine rings is 1. The van der Waals surface area contributed by atoms with Crippen molar-refractivity contribution in [1.29, 1.82) is 5.41 Å². The van der Waals surface area contributed by atoms with E-state index in [0.717, 1.165) is 33.5 Å². The molecule has 3 nitrogen and oxygen atoms in total. The molecular weight excluding hydrogens is 236 g/mol. The van der Waals surface area contributed by atoms with Crippen LogP contribution in [0.3, 0.4) is 0 Å². The van der Waals surface area contributed by atoms with Crippen LogP contribution in [0.15, 0.2) is 24.3 Å². The molecule has 1 N–H and O–H groups in total. The molecule has 1 heterocycles. The number of nitrogens with one attached hydrogen (secondary N) is 1. The summed E-state index contributed by atoms with van der Waals surface area (Å²) in [7, 11) is 1.67. The van der Waals surface area contributed by atoms with E-state index in [0.29, 0.717) is 5.71 Å². The molecule has 0 aliphatic carbocycles. The van der Waals surface area contributed by atoms with E-state index in [1.54, 1.807) is 20.1 Å². The second-order valence-corrected chi connectivity index (χ2v) is 4.66. The molecule has 0 amide bonds. The van der Waals surface area contributed by atoms with Crippen molar-refractivity contribution in [3.63, 3.8) is 0 Å². The van der Waals surface area contributed by atoms with Crippen molar-refractivity contribution in [1.82, 2.24) is 4.98 Å². The molecule has 0 radical (unpaired) electrons. The molecule has 0 unspecified atom stereocenters. The van der Waals surface area contributed by atoms with Crippen LogP contribution in [0.25, 0.3) is 17.0 Å². The SMILES string of the molecule is COc1cc(/C=C\C(C)=N)c(C)c2nc(C)ccc12. The molecule has 0 atom stereocenters. The summed E-state index contributed by atoms with van der Waals surface area (Å²) in [5.74, 6) is 0.815. The first-order valence-electron chi connectivity index (χ1n) is 6.21. The third-order valence-corrected chi connectivity index (χ3v) is 3.11. The van der Waals surface area contributed by atoms with E-state index < -0.39 is 0 Å². The van der Waals surface area contributed by atoms with Gasteiger partial charge < -0.3 is 10.1 Å². The number of nitrogens with zero attached hydrogens (tertiary/aromatic N) is 1. The van der Waals surface area contributed by atoms with Crippen molar-refractivity contribution in [3.05, 3.63) is 41.1 Å². The first-order valence-corrected chi connectivity index (χ1v) is 6.21. The van der Waals surface area contributed by atoms with E-state index in [4.69, 9.17) is 10.1 Å². The third-order valence-electron chi connectivity index (χ3n) is 3.11. The van der Waals surface area contributed by atoms with Crippen LogP contribution in [-0.2, 0) is 0 Å². The van der Waals surface area contributed by atoms with Gasteiger partial charge in [-0.05, 0) is 56.2 Å². The minimum absolute atomic E-state index is 0.524. The Balaban J connectivity index is 2.73. The van der Waals surface area contributed by atoms with Crippen molar-refractivity contribution < 1.29 is 4.74 Å². The maximum atomic E-state index is 7.48. The van der Waals surface area contributed by atoms with Gasteiger partial charge in [-0.2, -0.15) is 0 Å². The molecule has 2 aromatic rings. The summed E-state index contributed by atoms with van der Waals surface area (Å²) in [5, 5.41) is 8.50. The number of hydrogen-bond acceptors (Lipinski definition) is 3. The van der Waals surface area contributed by atoms with Gasteiger partial charge >= 0.3 is 0 Å². The number of methoxy groups -OCH3 is 1. The van der Waals surface area contributed by atoms with Gasteiger partial charge in [-0.1, -0.05) is 6.08 Å². The molecule has 0 aliphatic rings. The number of aryl methyl sites for hydroxylation is 2. The van der Waals surface area contributed by atoms with Crippen LogP contribution in [0.1, 0.15) is 23.7 Å². The van der Waals surface area contributed by atoms with Gasteiger partial charge in [-0.25, -0.2) is 0 Å². The van der Waals surface area contributed by atoms with E-state index in [-0.39, 0.29) is 0 Å². The van der Waals surface area contributed by atoms with E-state index in [1.807, 2.05) is 38.1 Å². The fraction of sp³-hybridized carbons (Fsp3) is 0.250. The van der Waals surface area contributed by atoms with Gasteiger partial charge in [0, 0.05) is 16.8 Å². The number of aromatic nitrogens is 1. The lowest BCUT2D eigenvalue weighted by Crippen LogP contribution is -1.94. The van der Waals surface area contributed by atoms with E-state index in [2.05, 4.69) is 4.98 Å². The molecule has 0 saturated heterocycles. The maximum Gasteiger partial charge on any atom is 0.128 e. The third kappa shape index (κ3) is 2.65. The molecule has 3 heteroatoms. The lowest BCUT2D eigenvalue weighted by atomic mass is 10.0. The van der Waals surface area contributed by atoms with Crippen LogP contribution in [-0.4, -0.2) is 17.8 Å². The average Bonchev–Trinajstić information content (AvgIpc) is 2.38. The highest BCUT2D eigenvalue weighted by Crippen LogP contribution is 2.30. The molecular formula is C16H18N2O. The summed E-state index contributed by atoms with van der Waals surface area (Å²) in [6.45, 7) is 5.79. The molecule has 19 heavy (non-hydrogen) atoms. The summed E-state index contributed by atoms with van der Waals surface area (Å²) in [6.07, 6.45) is 3.72. The molecule has 1 aromatic heterocycles. The molecule has 0 fully saturated rings. The highest BCUT2D eigenvalue weighted by molar-refractivity contribution is 5.96. The van der Waals surface area contributed by atoms with Crippen LogP contribution < -0.4 is 4.74 Å². The minimum atomic E-state index is 0.524. The number of allylic oxidation sites excluding steroid dienone is 1. The predicted molar refractivity (Wildman–Crippen MR) is 80.2 cm³/mol. The zero-order chi connectivity index (χ0) is 14.0. The van der Waals surface area contributed by atoms with Gasteiger partial charge in [0.15, 0.2) is 0 Å². The number of benzene rings is 1. The normalized spacial score (nSPS) is 11.2. The monoisotopic (exact) mass is 254 g/mol. The Morgan fingerprint density at radius 3 is 2.68 bits per heavy atom.